The standard InChI is InChI=1S/C5H6N2O2S/c1-7-4(9)2-3(8)6-5(7)10/h2,9H,1H3,(H,6,8,10). The molecule has 0 amide bonds. The number of aromatic amines is 1. The fraction of sp³-hybridized carbons (Fsp3) is 0.200. The monoisotopic (exact) mass is 158 g/mol. The van der Waals surface area contributed by atoms with Crippen molar-refractivity contribution < 1.29 is 5.11 Å². The number of rotatable bonds is 0. The number of aromatic hydroxyl groups is 1. The highest BCUT2D eigenvalue weighted by atomic mass is 32.1. The zero-order valence-electron chi connectivity index (χ0n) is 5.29. The van der Waals surface area contributed by atoms with Gasteiger partial charge in [0.25, 0.3) is 5.56 Å². The molecule has 0 saturated carbocycles. The van der Waals surface area contributed by atoms with Crippen LogP contribution in [0.2, 0.25) is 0 Å². The van der Waals surface area contributed by atoms with E-state index < -0.39 is 0 Å². The van der Waals surface area contributed by atoms with Gasteiger partial charge in [0.1, 0.15) is 0 Å². The van der Waals surface area contributed by atoms with Gasteiger partial charge in [0, 0.05) is 7.05 Å². The van der Waals surface area contributed by atoms with Gasteiger partial charge in [0.2, 0.25) is 0 Å². The molecular formula is C5H6N2O2S. The largest absolute Gasteiger partial charge is 0.494 e. The summed E-state index contributed by atoms with van der Waals surface area (Å²) in [5, 5.41) is 8.96. The highest BCUT2D eigenvalue weighted by molar-refractivity contribution is 7.71. The van der Waals surface area contributed by atoms with Gasteiger partial charge in [-0.3, -0.25) is 14.3 Å². The van der Waals surface area contributed by atoms with Crippen LogP contribution in [0.15, 0.2) is 10.9 Å². The SMILES string of the molecule is Cn1c(O)cc(=O)[nH]c1=S. The molecule has 10 heavy (non-hydrogen) atoms. The molecule has 5 heteroatoms. The fourth-order valence-electron chi connectivity index (χ4n) is 0.543. The smallest absolute Gasteiger partial charge is 0.255 e. The Labute approximate surface area is 61.8 Å². The molecule has 54 valence electrons. The first-order valence-corrected chi connectivity index (χ1v) is 3.01. The molecule has 0 unspecified atom stereocenters. The van der Waals surface area contributed by atoms with E-state index in [1.165, 1.54) is 4.57 Å². The summed E-state index contributed by atoms with van der Waals surface area (Å²) in [5.74, 6) is -0.131. The van der Waals surface area contributed by atoms with E-state index >= 15 is 0 Å². The molecule has 0 radical (unpaired) electrons. The number of H-pyrrole nitrogens is 1. The van der Waals surface area contributed by atoms with Gasteiger partial charge < -0.3 is 5.11 Å². The van der Waals surface area contributed by atoms with Crippen LogP contribution in [0.5, 0.6) is 5.88 Å². The molecule has 0 saturated heterocycles. The summed E-state index contributed by atoms with van der Waals surface area (Å²) in [6.45, 7) is 0. The van der Waals surface area contributed by atoms with Gasteiger partial charge >= 0.3 is 0 Å². The van der Waals surface area contributed by atoms with Gasteiger partial charge in [-0.05, 0) is 12.2 Å². The summed E-state index contributed by atoms with van der Waals surface area (Å²) in [6, 6.07) is 1.07. The van der Waals surface area contributed by atoms with E-state index in [-0.39, 0.29) is 16.2 Å². The second kappa shape index (κ2) is 2.26. The van der Waals surface area contributed by atoms with Crippen LogP contribution in [0.3, 0.4) is 0 Å². The Morgan fingerprint density at radius 1 is 1.80 bits per heavy atom. The van der Waals surface area contributed by atoms with E-state index in [9.17, 15) is 4.79 Å². The molecule has 1 heterocycles. The minimum atomic E-state index is -0.388. The fourth-order valence-corrected chi connectivity index (χ4v) is 0.738. The summed E-state index contributed by atoms with van der Waals surface area (Å²) in [6.07, 6.45) is 0. The molecule has 0 aliphatic carbocycles. The van der Waals surface area contributed by atoms with Crippen molar-refractivity contribution in [2.24, 2.45) is 7.05 Å². The van der Waals surface area contributed by atoms with E-state index in [0.29, 0.717) is 0 Å². The lowest BCUT2D eigenvalue weighted by Gasteiger charge is -1.98. The van der Waals surface area contributed by atoms with Gasteiger partial charge in [-0.1, -0.05) is 0 Å². The zero-order chi connectivity index (χ0) is 7.72. The van der Waals surface area contributed by atoms with Crippen LogP contribution in [0.1, 0.15) is 0 Å². The molecule has 1 rings (SSSR count). The lowest BCUT2D eigenvalue weighted by molar-refractivity contribution is 0.421. The molecule has 0 aliphatic rings. The molecule has 2 N–H and O–H groups in total. The second-order valence-electron chi connectivity index (χ2n) is 1.86. The molecule has 0 spiro atoms. The van der Waals surface area contributed by atoms with Gasteiger partial charge in [-0.2, -0.15) is 0 Å². The maximum atomic E-state index is 10.6. The van der Waals surface area contributed by atoms with Gasteiger partial charge in [-0.25, -0.2) is 0 Å². The average molecular weight is 158 g/mol. The third kappa shape index (κ3) is 1.08. The first-order valence-electron chi connectivity index (χ1n) is 2.60. The highest BCUT2D eigenvalue weighted by Crippen LogP contribution is 1.99. The molecule has 1 aromatic rings. The third-order valence-corrected chi connectivity index (χ3v) is 1.51. The normalized spacial score (nSPS) is 9.70. The van der Waals surface area contributed by atoms with Crippen molar-refractivity contribution >= 4 is 12.2 Å². The van der Waals surface area contributed by atoms with E-state index in [2.05, 4.69) is 17.2 Å². The maximum absolute atomic E-state index is 10.6. The Morgan fingerprint density at radius 2 is 2.40 bits per heavy atom. The Morgan fingerprint density at radius 3 is 2.90 bits per heavy atom. The summed E-state index contributed by atoms with van der Waals surface area (Å²) in [5.41, 5.74) is -0.388. The molecular weight excluding hydrogens is 152 g/mol. The van der Waals surface area contributed by atoms with Gasteiger partial charge in [0.05, 0.1) is 6.07 Å². The van der Waals surface area contributed by atoms with Crippen molar-refractivity contribution in [1.82, 2.24) is 9.55 Å². The molecule has 0 fully saturated rings. The summed E-state index contributed by atoms with van der Waals surface area (Å²) in [7, 11) is 1.56. The third-order valence-electron chi connectivity index (χ3n) is 1.14. The number of hydrogen-bond acceptors (Lipinski definition) is 3. The number of aromatic nitrogens is 2. The first kappa shape index (κ1) is 7.01. The Balaban J connectivity index is 3.62. The molecule has 0 bridgehead atoms. The van der Waals surface area contributed by atoms with Crippen LogP contribution < -0.4 is 5.56 Å². The van der Waals surface area contributed by atoms with Crippen LogP contribution in [-0.4, -0.2) is 14.7 Å². The molecule has 0 aliphatic heterocycles. The Bertz CT molecular complexity index is 351. The maximum Gasteiger partial charge on any atom is 0.255 e. The van der Waals surface area contributed by atoms with E-state index in [1.807, 2.05) is 0 Å². The summed E-state index contributed by atoms with van der Waals surface area (Å²) < 4.78 is 1.52. The molecule has 0 aromatic carbocycles. The summed E-state index contributed by atoms with van der Waals surface area (Å²) >= 11 is 4.68. The predicted octanol–water partition coefficient (Wildman–Crippen LogP) is 0.148. The quantitative estimate of drug-likeness (QED) is 0.528. The van der Waals surface area contributed by atoms with E-state index in [4.69, 9.17) is 5.11 Å². The zero-order valence-corrected chi connectivity index (χ0v) is 6.10. The Hall–Kier alpha value is -1.10. The van der Waals surface area contributed by atoms with Crippen LogP contribution in [0.25, 0.3) is 0 Å². The lowest BCUT2D eigenvalue weighted by Crippen LogP contribution is -2.09. The topological polar surface area (TPSA) is 58.0 Å². The minimum Gasteiger partial charge on any atom is -0.494 e. The van der Waals surface area contributed by atoms with Crippen molar-refractivity contribution in [1.29, 1.82) is 0 Å². The lowest BCUT2D eigenvalue weighted by atomic mass is 10.6. The van der Waals surface area contributed by atoms with Crippen molar-refractivity contribution in [3.8, 4) is 5.88 Å². The highest BCUT2D eigenvalue weighted by Gasteiger charge is 1.93. The van der Waals surface area contributed by atoms with Crippen LogP contribution >= 0.6 is 12.2 Å². The van der Waals surface area contributed by atoms with E-state index in [0.717, 1.165) is 6.07 Å². The predicted molar refractivity (Wildman–Crippen MR) is 38.5 cm³/mol. The van der Waals surface area contributed by atoms with Gasteiger partial charge in [-0.15, -0.1) is 0 Å². The molecule has 0 atom stereocenters. The molecule has 4 nitrogen and oxygen atoms in total. The van der Waals surface area contributed by atoms with Crippen molar-refractivity contribution in [3.63, 3.8) is 0 Å². The van der Waals surface area contributed by atoms with Crippen LogP contribution in [0.4, 0.5) is 0 Å². The average Bonchev–Trinajstić information content (AvgIpc) is 1.82. The van der Waals surface area contributed by atoms with Crippen LogP contribution in [-0.2, 0) is 7.05 Å². The van der Waals surface area contributed by atoms with E-state index in [1.54, 1.807) is 7.05 Å². The number of hydrogen-bond donors (Lipinski definition) is 2. The van der Waals surface area contributed by atoms with Crippen molar-refractivity contribution in [2.45, 2.75) is 0 Å². The van der Waals surface area contributed by atoms with Crippen LogP contribution in [0, 0.1) is 4.77 Å². The number of nitrogens with one attached hydrogen (secondary N) is 1. The Kier molecular flexibility index (Phi) is 1.58. The summed E-state index contributed by atoms with van der Waals surface area (Å²) in [4.78, 5) is 12.9. The second-order valence-corrected chi connectivity index (χ2v) is 2.24. The minimum absolute atomic E-state index is 0.131. The van der Waals surface area contributed by atoms with Gasteiger partial charge in [0.15, 0.2) is 10.7 Å². The van der Waals surface area contributed by atoms with Crippen molar-refractivity contribution in [2.75, 3.05) is 0 Å². The molecule has 1 aromatic heterocycles. The van der Waals surface area contributed by atoms with Crippen molar-refractivity contribution in [3.05, 3.63) is 21.2 Å². The first-order chi connectivity index (χ1) is 4.61. The number of nitrogens with zero attached hydrogens (tertiary/aromatic N) is 1.